The van der Waals surface area contributed by atoms with E-state index in [0.717, 1.165) is 18.4 Å². The van der Waals surface area contributed by atoms with Crippen molar-refractivity contribution in [3.05, 3.63) is 48.5 Å². The third-order valence-corrected chi connectivity index (χ3v) is 6.33. The first kappa shape index (κ1) is 23.1. The molecule has 1 heterocycles. The number of carbonyl (C=O) groups excluding carboxylic acids is 1. The number of nitrogens with zero attached hydrogens (tertiary/aromatic N) is 1. The second-order valence-corrected chi connectivity index (χ2v) is 11.0. The number of hydrogen-bond acceptors (Lipinski definition) is 5. The molecule has 0 bridgehead atoms. The molecule has 0 atom stereocenters. The van der Waals surface area contributed by atoms with Crippen LogP contribution in [0.4, 0.5) is 4.79 Å². The second-order valence-electron chi connectivity index (χ2n) is 9.02. The minimum Gasteiger partial charge on any atom is -0.493 e. The first-order valence-corrected chi connectivity index (χ1v) is 12.4. The Balaban J connectivity index is 1.62. The second kappa shape index (κ2) is 9.30. The van der Waals surface area contributed by atoms with E-state index in [1.54, 1.807) is 17.0 Å². The molecule has 1 fully saturated rings. The Bertz CT molecular complexity index is 1000. The first-order valence-electron chi connectivity index (χ1n) is 10.5. The number of amides is 1. The molecule has 2 aromatic carbocycles. The summed E-state index contributed by atoms with van der Waals surface area (Å²) in [5, 5.41) is 0. The lowest BCUT2D eigenvalue weighted by molar-refractivity contribution is 0.0165. The van der Waals surface area contributed by atoms with Gasteiger partial charge < -0.3 is 14.4 Å². The maximum Gasteiger partial charge on any atom is 0.410 e. The zero-order chi connectivity index (χ0) is 22.6. The molecule has 31 heavy (non-hydrogen) atoms. The highest BCUT2D eigenvalue weighted by Crippen LogP contribution is 2.31. The summed E-state index contributed by atoms with van der Waals surface area (Å²) in [6, 6.07) is 14.7. The molecule has 0 spiro atoms. The van der Waals surface area contributed by atoms with Gasteiger partial charge in [0.15, 0.2) is 9.84 Å². The fourth-order valence-electron chi connectivity index (χ4n) is 3.58. The first-order chi connectivity index (χ1) is 14.5. The Labute approximate surface area is 185 Å². The van der Waals surface area contributed by atoms with Gasteiger partial charge in [0.25, 0.3) is 0 Å². The number of rotatable bonds is 5. The van der Waals surface area contributed by atoms with Crippen LogP contribution in [0.15, 0.2) is 53.4 Å². The summed E-state index contributed by atoms with van der Waals surface area (Å²) in [5.74, 6) is 0.837. The molecule has 0 aromatic heterocycles. The number of likely N-dealkylation sites (tertiary alicyclic amines) is 1. The predicted octanol–water partition coefficient (Wildman–Crippen LogP) is 4.78. The number of carbonyl (C=O) groups is 1. The quantitative estimate of drug-likeness (QED) is 0.662. The summed E-state index contributed by atoms with van der Waals surface area (Å²) in [5.41, 5.74) is 1.02. The third-order valence-electron chi connectivity index (χ3n) is 5.19. The van der Waals surface area contributed by atoms with Crippen molar-refractivity contribution in [1.29, 1.82) is 0 Å². The van der Waals surface area contributed by atoms with Crippen molar-refractivity contribution in [2.75, 3.05) is 26.0 Å². The van der Waals surface area contributed by atoms with Crippen LogP contribution in [0.3, 0.4) is 0 Å². The highest BCUT2D eigenvalue weighted by atomic mass is 32.2. The van der Waals surface area contributed by atoms with E-state index in [1.807, 2.05) is 57.2 Å². The summed E-state index contributed by atoms with van der Waals surface area (Å²) in [7, 11) is -3.42. The highest BCUT2D eigenvalue weighted by molar-refractivity contribution is 7.90. The molecular weight excluding hydrogens is 414 g/mol. The largest absolute Gasteiger partial charge is 0.493 e. The Morgan fingerprint density at radius 3 is 2.29 bits per heavy atom. The molecule has 3 rings (SSSR count). The van der Waals surface area contributed by atoms with E-state index in [9.17, 15) is 13.2 Å². The summed E-state index contributed by atoms with van der Waals surface area (Å²) in [6.07, 6.45) is 2.58. The molecule has 0 N–H and O–H groups in total. The van der Waals surface area contributed by atoms with Crippen molar-refractivity contribution in [3.63, 3.8) is 0 Å². The number of benzene rings is 2. The summed E-state index contributed by atoms with van der Waals surface area (Å²) in [4.78, 5) is 14.2. The van der Waals surface area contributed by atoms with Gasteiger partial charge >= 0.3 is 6.09 Å². The van der Waals surface area contributed by atoms with Crippen LogP contribution in [0.1, 0.15) is 33.6 Å². The predicted molar refractivity (Wildman–Crippen MR) is 121 cm³/mol. The van der Waals surface area contributed by atoms with Crippen LogP contribution in [-0.2, 0) is 14.6 Å². The van der Waals surface area contributed by atoms with Gasteiger partial charge in [0.05, 0.1) is 11.5 Å². The minimum absolute atomic E-state index is 0.260. The van der Waals surface area contributed by atoms with Crippen LogP contribution >= 0.6 is 0 Å². The molecule has 1 amide bonds. The normalized spacial score (nSPS) is 15.5. The van der Waals surface area contributed by atoms with Crippen molar-refractivity contribution in [1.82, 2.24) is 4.90 Å². The molecule has 0 unspecified atom stereocenters. The molecule has 2 aromatic rings. The van der Waals surface area contributed by atoms with E-state index in [0.29, 0.717) is 36.9 Å². The van der Waals surface area contributed by atoms with E-state index >= 15 is 0 Å². The molecule has 7 heteroatoms. The smallest absolute Gasteiger partial charge is 0.410 e. The molecule has 1 saturated heterocycles. The number of hydrogen-bond donors (Lipinski definition) is 0. The van der Waals surface area contributed by atoms with Gasteiger partial charge in [0, 0.05) is 24.9 Å². The van der Waals surface area contributed by atoms with Crippen molar-refractivity contribution in [2.45, 2.75) is 44.1 Å². The number of ether oxygens (including phenoxy) is 2. The van der Waals surface area contributed by atoms with Crippen LogP contribution in [-0.4, -0.2) is 51.0 Å². The van der Waals surface area contributed by atoms with Gasteiger partial charge in [0.2, 0.25) is 0 Å². The zero-order valence-corrected chi connectivity index (χ0v) is 19.4. The summed E-state index contributed by atoms with van der Waals surface area (Å²) >= 11 is 0. The lowest BCUT2D eigenvalue weighted by Crippen LogP contribution is -2.42. The Hall–Kier alpha value is -2.54. The third kappa shape index (κ3) is 6.47. The zero-order valence-electron chi connectivity index (χ0n) is 18.6. The van der Waals surface area contributed by atoms with E-state index < -0.39 is 15.4 Å². The lowest BCUT2D eigenvalue weighted by atomic mass is 9.98. The topological polar surface area (TPSA) is 72.9 Å². The van der Waals surface area contributed by atoms with Gasteiger partial charge in [-0.2, -0.15) is 0 Å². The molecular formula is C24H31NO5S. The molecule has 0 radical (unpaired) electrons. The lowest BCUT2D eigenvalue weighted by Gasteiger charge is -2.33. The van der Waals surface area contributed by atoms with Crippen molar-refractivity contribution < 1.29 is 22.7 Å². The van der Waals surface area contributed by atoms with Crippen LogP contribution in [0, 0.1) is 5.92 Å². The van der Waals surface area contributed by atoms with Gasteiger partial charge in [-0.3, -0.25) is 0 Å². The summed E-state index contributed by atoms with van der Waals surface area (Å²) in [6.45, 7) is 7.32. The maximum absolute atomic E-state index is 12.4. The fraction of sp³-hybridized carbons (Fsp3) is 0.458. The van der Waals surface area contributed by atoms with Gasteiger partial charge in [-0.15, -0.1) is 0 Å². The average Bonchev–Trinajstić information content (AvgIpc) is 2.71. The number of piperidine rings is 1. The van der Waals surface area contributed by atoms with Gasteiger partial charge in [-0.25, -0.2) is 13.2 Å². The van der Waals surface area contributed by atoms with Gasteiger partial charge in [0.1, 0.15) is 11.4 Å². The van der Waals surface area contributed by atoms with Gasteiger partial charge in [-0.05, 0) is 63.3 Å². The fourth-order valence-corrected chi connectivity index (χ4v) is 4.49. The molecule has 1 aliphatic heterocycles. The number of sulfone groups is 1. The minimum atomic E-state index is -3.42. The average molecular weight is 446 g/mol. The van der Waals surface area contributed by atoms with Crippen LogP contribution in [0.25, 0.3) is 11.1 Å². The molecule has 1 aliphatic rings. The Kier molecular flexibility index (Phi) is 6.94. The van der Waals surface area contributed by atoms with Crippen molar-refractivity contribution >= 4 is 15.9 Å². The maximum atomic E-state index is 12.4. The SMILES string of the molecule is CC(C)(C)OC(=O)N1CCC(COc2ccc(-c3ccccc3)c(S(C)(=O)=O)c2)CC1. The Morgan fingerprint density at radius 1 is 1.06 bits per heavy atom. The molecule has 0 aliphatic carbocycles. The van der Waals surface area contributed by atoms with E-state index in [2.05, 4.69) is 0 Å². The van der Waals surface area contributed by atoms with E-state index in [4.69, 9.17) is 9.47 Å². The molecule has 6 nitrogen and oxygen atoms in total. The monoisotopic (exact) mass is 445 g/mol. The van der Waals surface area contributed by atoms with E-state index in [-0.39, 0.29) is 11.0 Å². The van der Waals surface area contributed by atoms with Crippen LogP contribution < -0.4 is 4.74 Å². The highest BCUT2D eigenvalue weighted by Gasteiger charge is 2.27. The van der Waals surface area contributed by atoms with Crippen LogP contribution in [0.5, 0.6) is 5.75 Å². The Morgan fingerprint density at radius 2 is 1.71 bits per heavy atom. The van der Waals surface area contributed by atoms with Crippen LogP contribution in [0.2, 0.25) is 0 Å². The van der Waals surface area contributed by atoms with E-state index in [1.165, 1.54) is 6.26 Å². The van der Waals surface area contributed by atoms with Crippen molar-refractivity contribution in [3.8, 4) is 16.9 Å². The standard InChI is InChI=1S/C24H31NO5S/c1-24(2,3)30-23(26)25-14-12-18(13-15-25)17-29-20-10-11-21(19-8-6-5-7-9-19)22(16-20)31(4,27)28/h5-11,16,18H,12-15,17H2,1-4H3. The molecule has 168 valence electrons. The summed E-state index contributed by atoms with van der Waals surface area (Å²) < 4.78 is 36.1. The molecule has 0 saturated carbocycles. The van der Waals surface area contributed by atoms with Gasteiger partial charge in [-0.1, -0.05) is 30.3 Å². The van der Waals surface area contributed by atoms with Crippen molar-refractivity contribution in [2.24, 2.45) is 5.92 Å².